The molecule has 0 fully saturated rings. The number of carbonyl (C=O) groups is 3. The van der Waals surface area contributed by atoms with E-state index >= 15 is 0 Å². The quantitative estimate of drug-likeness (QED) is 0.476. The first kappa shape index (κ1) is 24.4. The van der Waals surface area contributed by atoms with Crippen LogP contribution in [0.5, 0.6) is 0 Å². The summed E-state index contributed by atoms with van der Waals surface area (Å²) in [5, 5.41) is 24.1. The number of alkyl carbamates (subject to hydrolysis) is 1. The van der Waals surface area contributed by atoms with E-state index in [0.717, 1.165) is 5.56 Å². The number of ether oxygens (including phenoxy) is 2. The van der Waals surface area contributed by atoms with Crippen LogP contribution in [0.15, 0.2) is 54.6 Å². The fraction of sp³-hybridized carbons (Fsp3) is 0.304. The number of amides is 2. The van der Waals surface area contributed by atoms with Crippen LogP contribution in [0.25, 0.3) is 0 Å². The topological polar surface area (TPSA) is 138 Å². The number of benzene rings is 2. The molecule has 9 heteroatoms. The van der Waals surface area contributed by atoms with Crippen molar-refractivity contribution in [2.75, 3.05) is 13.7 Å². The molecule has 2 aromatic rings. The summed E-state index contributed by atoms with van der Waals surface area (Å²) in [7, 11) is 1.19. The monoisotopic (exact) mass is 439 g/mol. The van der Waals surface area contributed by atoms with Crippen LogP contribution in [-0.2, 0) is 32.1 Å². The molecule has 0 aromatic heterocycles. The molecular formula is C23H25N3O6. The van der Waals surface area contributed by atoms with Crippen molar-refractivity contribution in [3.05, 3.63) is 71.3 Å². The largest absolute Gasteiger partial charge is 0.467 e. The molecule has 32 heavy (non-hydrogen) atoms. The molecule has 0 heterocycles. The Morgan fingerprint density at radius 2 is 1.78 bits per heavy atom. The highest BCUT2D eigenvalue weighted by molar-refractivity contribution is 5.85. The molecule has 0 aliphatic carbocycles. The van der Waals surface area contributed by atoms with Gasteiger partial charge in [0.05, 0.1) is 31.3 Å². The van der Waals surface area contributed by atoms with Gasteiger partial charge in [-0.05, 0) is 17.2 Å². The van der Waals surface area contributed by atoms with E-state index in [9.17, 15) is 24.8 Å². The van der Waals surface area contributed by atoms with E-state index in [1.54, 1.807) is 36.4 Å². The summed E-state index contributed by atoms with van der Waals surface area (Å²) in [6.45, 7) is -0.130. The maximum Gasteiger partial charge on any atom is 0.407 e. The summed E-state index contributed by atoms with van der Waals surface area (Å²) in [5.74, 6) is -1.29. The predicted octanol–water partition coefficient (Wildman–Crippen LogP) is 1.44. The Morgan fingerprint density at radius 1 is 1.09 bits per heavy atom. The van der Waals surface area contributed by atoms with E-state index in [1.807, 2.05) is 24.3 Å². The lowest BCUT2D eigenvalue weighted by atomic mass is 10.0. The van der Waals surface area contributed by atoms with Crippen LogP contribution in [0.1, 0.15) is 23.1 Å². The Balaban J connectivity index is 1.81. The van der Waals surface area contributed by atoms with E-state index in [0.29, 0.717) is 11.1 Å². The fourth-order valence-corrected chi connectivity index (χ4v) is 2.88. The number of nitrogens with zero attached hydrogens (tertiary/aromatic N) is 1. The summed E-state index contributed by atoms with van der Waals surface area (Å²) in [5.41, 5.74) is 1.78. The van der Waals surface area contributed by atoms with Gasteiger partial charge in [-0.25, -0.2) is 9.59 Å². The first-order chi connectivity index (χ1) is 15.4. The molecule has 0 unspecified atom stereocenters. The lowest BCUT2D eigenvalue weighted by Gasteiger charge is -2.18. The van der Waals surface area contributed by atoms with E-state index in [4.69, 9.17) is 9.47 Å². The summed E-state index contributed by atoms with van der Waals surface area (Å²) < 4.78 is 9.77. The molecule has 0 aliphatic rings. The minimum absolute atomic E-state index is 0.0578. The van der Waals surface area contributed by atoms with Gasteiger partial charge >= 0.3 is 12.1 Å². The summed E-state index contributed by atoms with van der Waals surface area (Å²) in [4.78, 5) is 36.1. The zero-order valence-electron chi connectivity index (χ0n) is 17.6. The van der Waals surface area contributed by atoms with Crippen molar-refractivity contribution >= 4 is 18.0 Å². The average molecular weight is 439 g/mol. The molecule has 168 valence electrons. The normalized spacial score (nSPS) is 12.0. The van der Waals surface area contributed by atoms with Crippen LogP contribution >= 0.6 is 0 Å². The molecule has 2 aromatic carbocycles. The van der Waals surface area contributed by atoms with Crippen molar-refractivity contribution in [3.8, 4) is 6.07 Å². The average Bonchev–Trinajstić information content (AvgIpc) is 2.81. The van der Waals surface area contributed by atoms with Gasteiger partial charge in [-0.1, -0.05) is 48.5 Å². The molecule has 0 bridgehead atoms. The Bertz CT molecular complexity index is 958. The van der Waals surface area contributed by atoms with Crippen molar-refractivity contribution in [1.29, 1.82) is 5.26 Å². The SMILES string of the molecule is COC(=O)[C@@H](Cc1ccccc1C#N)NC(=O)C[C@@H](O)CNC(=O)OCc1ccccc1. The van der Waals surface area contributed by atoms with Crippen molar-refractivity contribution in [2.24, 2.45) is 0 Å². The van der Waals surface area contributed by atoms with Gasteiger partial charge in [0.2, 0.25) is 5.91 Å². The first-order valence-corrected chi connectivity index (χ1v) is 9.90. The van der Waals surface area contributed by atoms with E-state index in [2.05, 4.69) is 10.6 Å². The highest BCUT2D eigenvalue weighted by atomic mass is 16.5. The number of nitriles is 1. The van der Waals surface area contributed by atoms with Crippen molar-refractivity contribution in [3.63, 3.8) is 0 Å². The lowest BCUT2D eigenvalue weighted by Crippen LogP contribution is -2.45. The maximum atomic E-state index is 12.3. The summed E-state index contributed by atoms with van der Waals surface area (Å²) in [6.07, 6.45) is -2.22. The molecule has 0 spiro atoms. The van der Waals surface area contributed by atoms with E-state index in [1.165, 1.54) is 7.11 Å². The highest BCUT2D eigenvalue weighted by Gasteiger charge is 2.24. The minimum Gasteiger partial charge on any atom is -0.467 e. The molecule has 9 nitrogen and oxygen atoms in total. The fourth-order valence-electron chi connectivity index (χ4n) is 2.88. The smallest absolute Gasteiger partial charge is 0.407 e. The van der Waals surface area contributed by atoms with Gasteiger partial charge in [-0.2, -0.15) is 5.26 Å². The van der Waals surface area contributed by atoms with Crippen LogP contribution in [0.2, 0.25) is 0 Å². The molecule has 2 amide bonds. The lowest BCUT2D eigenvalue weighted by molar-refractivity contribution is -0.145. The van der Waals surface area contributed by atoms with Crippen LogP contribution in [0, 0.1) is 11.3 Å². The van der Waals surface area contributed by atoms with Crippen molar-refractivity contribution in [2.45, 2.75) is 31.6 Å². The molecular weight excluding hydrogens is 414 g/mol. The second-order valence-corrected chi connectivity index (χ2v) is 6.92. The number of rotatable bonds is 10. The summed E-state index contributed by atoms with van der Waals surface area (Å²) in [6, 6.07) is 16.8. The molecule has 0 radical (unpaired) electrons. The first-order valence-electron chi connectivity index (χ1n) is 9.90. The van der Waals surface area contributed by atoms with Crippen molar-refractivity contribution < 1.29 is 29.0 Å². The third kappa shape index (κ3) is 8.08. The van der Waals surface area contributed by atoms with Gasteiger partial charge < -0.3 is 25.2 Å². The predicted molar refractivity (Wildman–Crippen MR) is 114 cm³/mol. The third-order valence-electron chi connectivity index (χ3n) is 4.50. The zero-order chi connectivity index (χ0) is 23.3. The maximum absolute atomic E-state index is 12.3. The zero-order valence-corrected chi connectivity index (χ0v) is 17.6. The number of hydrogen-bond acceptors (Lipinski definition) is 7. The van der Waals surface area contributed by atoms with E-state index in [-0.39, 0.29) is 26.0 Å². The second kappa shape index (κ2) is 12.7. The van der Waals surface area contributed by atoms with Crippen molar-refractivity contribution in [1.82, 2.24) is 10.6 Å². The standard InChI is InChI=1S/C23H25N3O6/c1-31-22(29)20(11-17-9-5-6-10-18(17)13-24)26-21(28)12-19(27)14-25-23(30)32-15-16-7-3-2-4-8-16/h2-10,19-20,27H,11-12,14-15H2,1H3,(H,25,30)(H,26,28)/t19-,20-/m1/s1. The number of hydrogen-bond donors (Lipinski definition) is 3. The third-order valence-corrected chi connectivity index (χ3v) is 4.50. The highest BCUT2D eigenvalue weighted by Crippen LogP contribution is 2.11. The molecule has 2 atom stereocenters. The van der Waals surface area contributed by atoms with E-state index < -0.39 is 30.1 Å². The number of aliphatic hydroxyl groups excluding tert-OH is 1. The number of nitrogens with one attached hydrogen (secondary N) is 2. The Morgan fingerprint density at radius 3 is 2.47 bits per heavy atom. The Labute approximate surface area is 186 Å². The van der Waals surface area contributed by atoms with Crippen LogP contribution in [0.4, 0.5) is 4.79 Å². The second-order valence-electron chi connectivity index (χ2n) is 6.92. The number of methoxy groups -OCH3 is 1. The summed E-state index contributed by atoms with van der Waals surface area (Å²) >= 11 is 0. The molecule has 3 N–H and O–H groups in total. The minimum atomic E-state index is -1.19. The van der Waals surface area contributed by atoms with Gasteiger partial charge in [0.1, 0.15) is 12.6 Å². The number of carbonyl (C=O) groups excluding carboxylic acids is 3. The van der Waals surface area contributed by atoms with Crippen LogP contribution < -0.4 is 10.6 Å². The molecule has 0 saturated heterocycles. The molecule has 2 rings (SSSR count). The van der Waals surface area contributed by atoms with Gasteiger partial charge in [-0.15, -0.1) is 0 Å². The van der Waals surface area contributed by atoms with Gasteiger partial charge in [0.25, 0.3) is 0 Å². The van der Waals surface area contributed by atoms with Crippen LogP contribution in [-0.4, -0.2) is 48.9 Å². The van der Waals surface area contributed by atoms with Crippen LogP contribution in [0.3, 0.4) is 0 Å². The number of esters is 1. The number of aliphatic hydroxyl groups is 1. The molecule has 0 saturated carbocycles. The van der Waals surface area contributed by atoms with Gasteiger partial charge in [0, 0.05) is 13.0 Å². The Hall–Kier alpha value is -3.90. The Kier molecular flexibility index (Phi) is 9.69. The molecule has 0 aliphatic heterocycles. The van der Waals surface area contributed by atoms with Gasteiger partial charge in [-0.3, -0.25) is 4.79 Å². The van der Waals surface area contributed by atoms with Gasteiger partial charge in [0.15, 0.2) is 0 Å².